The van der Waals surface area contributed by atoms with Crippen molar-refractivity contribution in [3.63, 3.8) is 0 Å². The zero-order valence-corrected chi connectivity index (χ0v) is 18.6. The van der Waals surface area contributed by atoms with Crippen molar-refractivity contribution in [1.82, 2.24) is 19.8 Å². The molecule has 1 aromatic carbocycles. The van der Waals surface area contributed by atoms with Crippen molar-refractivity contribution in [3.8, 4) is 0 Å². The van der Waals surface area contributed by atoms with Crippen LogP contribution in [0.2, 0.25) is 0 Å². The number of benzene rings is 1. The second-order valence-electron chi connectivity index (χ2n) is 8.90. The van der Waals surface area contributed by atoms with E-state index in [0.29, 0.717) is 12.0 Å². The van der Waals surface area contributed by atoms with Crippen LogP contribution < -0.4 is 5.32 Å². The molecule has 0 saturated carbocycles. The van der Waals surface area contributed by atoms with Gasteiger partial charge < -0.3 is 19.5 Å². The van der Waals surface area contributed by atoms with Crippen molar-refractivity contribution in [3.05, 3.63) is 54.1 Å². The summed E-state index contributed by atoms with van der Waals surface area (Å²) in [6.45, 7) is 9.08. The molecule has 1 N–H and O–H groups in total. The molecule has 2 unspecified atom stereocenters. The van der Waals surface area contributed by atoms with Gasteiger partial charge in [0.25, 0.3) is 0 Å². The molecule has 2 aromatic rings. The van der Waals surface area contributed by atoms with E-state index in [-0.39, 0.29) is 5.41 Å². The summed E-state index contributed by atoms with van der Waals surface area (Å²) >= 11 is 0. The summed E-state index contributed by atoms with van der Waals surface area (Å²) in [5.41, 5.74) is 2.90. The van der Waals surface area contributed by atoms with Gasteiger partial charge in [0.05, 0.1) is 12.4 Å². The molecule has 0 radical (unpaired) electrons. The molecule has 2 aliphatic heterocycles. The summed E-state index contributed by atoms with van der Waals surface area (Å²) in [6.07, 6.45) is 9.12. The molecule has 0 amide bonds. The van der Waals surface area contributed by atoms with Crippen LogP contribution in [-0.2, 0) is 10.2 Å². The van der Waals surface area contributed by atoms with E-state index in [2.05, 4.69) is 69.1 Å². The van der Waals surface area contributed by atoms with Crippen molar-refractivity contribution < 1.29 is 4.74 Å². The van der Waals surface area contributed by atoms with E-state index >= 15 is 0 Å². The topological polar surface area (TPSA) is 54.7 Å². The summed E-state index contributed by atoms with van der Waals surface area (Å²) in [7, 11) is 1.90. The Hall–Kier alpha value is -2.34. The number of ether oxygens (including phenoxy) is 1. The van der Waals surface area contributed by atoms with Gasteiger partial charge in [0, 0.05) is 57.7 Å². The van der Waals surface area contributed by atoms with Crippen LogP contribution in [0.5, 0.6) is 0 Å². The van der Waals surface area contributed by atoms with E-state index < -0.39 is 0 Å². The number of aryl methyl sites for hydroxylation is 1. The molecule has 0 aliphatic carbocycles. The number of hydrogen-bond acceptors (Lipinski definition) is 3. The predicted octanol–water partition coefficient (Wildman–Crippen LogP) is 3.40. The first-order valence-electron chi connectivity index (χ1n) is 11.2. The van der Waals surface area contributed by atoms with Crippen LogP contribution in [-0.4, -0.2) is 60.3 Å². The third-order valence-corrected chi connectivity index (χ3v) is 7.09. The summed E-state index contributed by atoms with van der Waals surface area (Å²) in [6, 6.07) is 9.24. The van der Waals surface area contributed by atoms with E-state index in [1.54, 1.807) is 0 Å². The molecule has 2 saturated heterocycles. The zero-order chi connectivity index (χ0) is 21.0. The molecule has 2 fully saturated rings. The number of nitrogens with zero attached hydrogens (tertiary/aromatic N) is 4. The Balaban J connectivity index is 1.49. The molecular weight excluding hydrogens is 374 g/mol. The molecule has 6 nitrogen and oxygen atoms in total. The van der Waals surface area contributed by atoms with Gasteiger partial charge in [-0.3, -0.25) is 4.99 Å². The third-order valence-electron chi connectivity index (χ3n) is 7.09. The Morgan fingerprint density at radius 3 is 2.80 bits per heavy atom. The lowest BCUT2D eigenvalue weighted by Crippen LogP contribution is -2.52. The van der Waals surface area contributed by atoms with E-state index in [1.165, 1.54) is 11.1 Å². The summed E-state index contributed by atoms with van der Waals surface area (Å²) in [5, 5.41) is 3.75. The minimum absolute atomic E-state index is 0.0896. The highest BCUT2D eigenvalue weighted by molar-refractivity contribution is 5.80. The van der Waals surface area contributed by atoms with Crippen LogP contribution in [0, 0.1) is 12.8 Å². The van der Waals surface area contributed by atoms with Crippen molar-refractivity contribution in [2.45, 2.75) is 44.6 Å². The van der Waals surface area contributed by atoms with Gasteiger partial charge in [0.1, 0.15) is 0 Å². The second-order valence-corrected chi connectivity index (χ2v) is 8.90. The summed E-state index contributed by atoms with van der Waals surface area (Å²) < 4.78 is 7.97. The number of guanidine groups is 1. The maximum Gasteiger partial charge on any atom is 0.193 e. The fourth-order valence-corrected chi connectivity index (χ4v) is 5.15. The number of rotatable bonds is 4. The second kappa shape index (κ2) is 9.21. The smallest absolute Gasteiger partial charge is 0.193 e. The fourth-order valence-electron chi connectivity index (χ4n) is 5.15. The normalized spacial score (nSPS) is 24.6. The maximum atomic E-state index is 5.73. The van der Waals surface area contributed by atoms with Gasteiger partial charge in [-0.15, -0.1) is 0 Å². The first-order chi connectivity index (χ1) is 14.6. The Morgan fingerprint density at radius 1 is 1.30 bits per heavy atom. The number of aliphatic imine (C=N–C) groups is 1. The molecule has 2 atom stereocenters. The van der Waals surface area contributed by atoms with Crippen LogP contribution in [0.15, 0.2) is 48.0 Å². The van der Waals surface area contributed by atoms with Crippen LogP contribution in [0.25, 0.3) is 0 Å². The van der Waals surface area contributed by atoms with Gasteiger partial charge in [-0.1, -0.05) is 31.2 Å². The molecule has 6 heteroatoms. The molecule has 162 valence electrons. The number of imidazole rings is 1. The molecule has 4 rings (SSSR count). The third kappa shape index (κ3) is 4.24. The molecule has 3 heterocycles. The summed E-state index contributed by atoms with van der Waals surface area (Å²) in [5.74, 6) is 1.63. The molecule has 2 aliphatic rings. The van der Waals surface area contributed by atoms with Crippen molar-refractivity contribution in [2.75, 3.05) is 39.9 Å². The largest absolute Gasteiger partial charge is 0.381 e. The lowest BCUT2D eigenvalue weighted by molar-refractivity contribution is 0.0508. The van der Waals surface area contributed by atoms with Crippen LogP contribution in [0.1, 0.15) is 43.4 Å². The number of hydrogen-bond donors (Lipinski definition) is 1. The average molecular weight is 410 g/mol. The lowest BCUT2D eigenvalue weighted by Gasteiger charge is -2.42. The molecule has 30 heavy (non-hydrogen) atoms. The van der Waals surface area contributed by atoms with Crippen molar-refractivity contribution in [2.24, 2.45) is 10.9 Å². The average Bonchev–Trinajstić information content (AvgIpc) is 3.31. The van der Waals surface area contributed by atoms with Gasteiger partial charge >= 0.3 is 0 Å². The van der Waals surface area contributed by atoms with Gasteiger partial charge in [0.2, 0.25) is 0 Å². The SMILES string of the molecule is CN=C(NCC1(c2ccccc2C)CCOCC1)N1CCC(C)C(n2ccnc2)C1. The van der Waals surface area contributed by atoms with E-state index in [1.807, 2.05) is 19.6 Å². The molecule has 1 aromatic heterocycles. The van der Waals surface area contributed by atoms with Crippen molar-refractivity contribution >= 4 is 5.96 Å². The highest BCUT2D eigenvalue weighted by Gasteiger charge is 2.36. The van der Waals surface area contributed by atoms with Gasteiger partial charge in [0.15, 0.2) is 5.96 Å². The number of piperidine rings is 1. The minimum atomic E-state index is 0.0896. The van der Waals surface area contributed by atoms with Gasteiger partial charge in [-0.2, -0.15) is 0 Å². The zero-order valence-electron chi connectivity index (χ0n) is 18.6. The van der Waals surface area contributed by atoms with Crippen LogP contribution in [0.4, 0.5) is 0 Å². The van der Waals surface area contributed by atoms with Crippen molar-refractivity contribution in [1.29, 1.82) is 0 Å². The highest BCUT2D eigenvalue weighted by Crippen LogP contribution is 2.36. The first-order valence-corrected chi connectivity index (χ1v) is 11.2. The van der Waals surface area contributed by atoms with E-state index in [0.717, 1.165) is 58.1 Å². The monoisotopic (exact) mass is 409 g/mol. The van der Waals surface area contributed by atoms with Crippen LogP contribution in [0.3, 0.4) is 0 Å². The highest BCUT2D eigenvalue weighted by atomic mass is 16.5. The Labute approximate surface area is 180 Å². The Bertz CT molecular complexity index is 841. The van der Waals surface area contributed by atoms with Gasteiger partial charge in [-0.25, -0.2) is 4.98 Å². The predicted molar refractivity (Wildman–Crippen MR) is 121 cm³/mol. The quantitative estimate of drug-likeness (QED) is 0.621. The van der Waals surface area contributed by atoms with Crippen LogP contribution >= 0.6 is 0 Å². The van der Waals surface area contributed by atoms with Gasteiger partial charge in [-0.05, 0) is 43.2 Å². The summed E-state index contributed by atoms with van der Waals surface area (Å²) in [4.78, 5) is 11.3. The Morgan fingerprint density at radius 2 is 2.10 bits per heavy atom. The minimum Gasteiger partial charge on any atom is -0.381 e. The van der Waals surface area contributed by atoms with E-state index in [9.17, 15) is 0 Å². The van der Waals surface area contributed by atoms with E-state index in [4.69, 9.17) is 4.74 Å². The fraction of sp³-hybridized carbons (Fsp3) is 0.583. The Kier molecular flexibility index (Phi) is 6.42. The standard InChI is InChI=1S/C24H35N5O/c1-19-6-4-5-7-21(19)24(9-14-30-15-10-24)17-27-23(25-3)28-12-8-20(2)22(16-28)29-13-11-26-18-29/h4-7,11,13,18,20,22H,8-10,12,14-17H2,1-3H3,(H,25,27). The first kappa shape index (κ1) is 20.9. The lowest BCUT2D eigenvalue weighted by atomic mass is 9.72. The molecule has 0 bridgehead atoms. The number of likely N-dealkylation sites (tertiary alicyclic amines) is 1. The maximum absolute atomic E-state index is 5.73. The number of nitrogens with one attached hydrogen (secondary N) is 1. The number of aromatic nitrogens is 2. The molecule has 0 spiro atoms. The molecular formula is C24H35N5O.